The molecule has 1 atom stereocenters. The predicted octanol–water partition coefficient (Wildman–Crippen LogP) is 2.52. The number of halogens is 1. The summed E-state index contributed by atoms with van der Waals surface area (Å²) in [7, 11) is 0. The number of nitrogens with zero attached hydrogens (tertiary/aromatic N) is 1. The molecule has 0 spiro atoms. The van der Waals surface area contributed by atoms with Crippen LogP contribution in [0.5, 0.6) is 0 Å². The summed E-state index contributed by atoms with van der Waals surface area (Å²) in [5, 5.41) is 2.81. The van der Waals surface area contributed by atoms with E-state index in [1.165, 1.54) is 6.39 Å². The Kier molecular flexibility index (Phi) is 4.99. The molecule has 5 heteroatoms. The average molecular weight is 289 g/mol. The van der Waals surface area contributed by atoms with E-state index in [4.69, 9.17) is 4.42 Å². The zero-order chi connectivity index (χ0) is 12.1. The first-order valence-electron chi connectivity index (χ1n) is 5.33. The van der Waals surface area contributed by atoms with Crippen LogP contribution in [0.4, 0.5) is 0 Å². The topological polar surface area (TPSA) is 55.1 Å². The van der Waals surface area contributed by atoms with E-state index in [-0.39, 0.29) is 5.91 Å². The maximum Gasteiger partial charge on any atom is 0.289 e. The molecule has 1 amide bonds. The highest BCUT2D eigenvalue weighted by molar-refractivity contribution is 9.09. The van der Waals surface area contributed by atoms with E-state index in [2.05, 4.69) is 40.1 Å². The van der Waals surface area contributed by atoms with Gasteiger partial charge < -0.3 is 9.73 Å². The molecule has 16 heavy (non-hydrogen) atoms. The number of aromatic nitrogens is 1. The molecule has 0 saturated heterocycles. The normalized spacial score (nSPS) is 12.8. The molecule has 1 unspecified atom stereocenters. The molecule has 1 aromatic heterocycles. The van der Waals surface area contributed by atoms with E-state index in [9.17, 15) is 4.79 Å². The molecule has 1 N–H and O–H groups in total. The van der Waals surface area contributed by atoms with Crippen molar-refractivity contribution in [2.24, 2.45) is 5.92 Å². The van der Waals surface area contributed by atoms with Crippen molar-refractivity contribution in [3.05, 3.63) is 17.8 Å². The van der Waals surface area contributed by atoms with E-state index in [0.717, 1.165) is 6.42 Å². The van der Waals surface area contributed by atoms with E-state index in [1.54, 1.807) is 6.92 Å². The van der Waals surface area contributed by atoms with Crippen molar-refractivity contribution in [1.29, 1.82) is 0 Å². The van der Waals surface area contributed by atoms with Crippen LogP contribution in [-0.2, 0) is 0 Å². The highest BCUT2D eigenvalue weighted by Crippen LogP contribution is 2.12. The number of alkyl halides is 1. The molecule has 1 rings (SSSR count). The van der Waals surface area contributed by atoms with Crippen molar-refractivity contribution in [1.82, 2.24) is 10.3 Å². The SMILES string of the molecule is Cc1ncoc1C(=O)NCC(Br)CC(C)C. The number of hydrogen-bond donors (Lipinski definition) is 1. The van der Waals surface area contributed by atoms with Crippen LogP contribution < -0.4 is 5.32 Å². The Morgan fingerprint density at radius 2 is 2.31 bits per heavy atom. The van der Waals surface area contributed by atoms with Gasteiger partial charge in [-0.3, -0.25) is 4.79 Å². The number of carbonyl (C=O) groups is 1. The summed E-state index contributed by atoms with van der Waals surface area (Å²) in [6.45, 7) is 6.64. The third-order valence-electron chi connectivity index (χ3n) is 2.16. The predicted molar refractivity (Wildman–Crippen MR) is 65.7 cm³/mol. The van der Waals surface area contributed by atoms with Crippen LogP contribution in [0.15, 0.2) is 10.8 Å². The van der Waals surface area contributed by atoms with Crippen LogP contribution >= 0.6 is 15.9 Å². The minimum Gasteiger partial charge on any atom is -0.438 e. The number of rotatable bonds is 5. The first-order chi connectivity index (χ1) is 7.50. The highest BCUT2D eigenvalue weighted by Gasteiger charge is 2.15. The van der Waals surface area contributed by atoms with E-state index < -0.39 is 0 Å². The molecule has 0 saturated carbocycles. The molecule has 0 aliphatic rings. The van der Waals surface area contributed by atoms with Crippen molar-refractivity contribution in [3.63, 3.8) is 0 Å². The fraction of sp³-hybridized carbons (Fsp3) is 0.636. The van der Waals surface area contributed by atoms with E-state index in [0.29, 0.717) is 28.7 Å². The maximum atomic E-state index is 11.7. The third-order valence-corrected chi connectivity index (χ3v) is 2.86. The summed E-state index contributed by atoms with van der Waals surface area (Å²) in [5.74, 6) is 0.695. The second kappa shape index (κ2) is 6.03. The Bertz CT molecular complexity index is 350. The summed E-state index contributed by atoms with van der Waals surface area (Å²) in [6.07, 6.45) is 2.31. The molecule has 90 valence electrons. The Morgan fingerprint density at radius 1 is 1.62 bits per heavy atom. The molecular formula is C11H17BrN2O2. The molecule has 1 heterocycles. The van der Waals surface area contributed by atoms with Gasteiger partial charge in [0, 0.05) is 11.4 Å². The Hall–Kier alpha value is -0.840. The summed E-state index contributed by atoms with van der Waals surface area (Å²) in [6, 6.07) is 0. The van der Waals surface area contributed by atoms with Crippen molar-refractivity contribution in [3.8, 4) is 0 Å². The Balaban J connectivity index is 2.39. The molecule has 1 aromatic rings. The lowest BCUT2D eigenvalue weighted by Gasteiger charge is -2.12. The molecule has 0 fully saturated rings. The van der Waals surface area contributed by atoms with Gasteiger partial charge >= 0.3 is 0 Å². The zero-order valence-corrected chi connectivity index (χ0v) is 11.4. The quantitative estimate of drug-likeness (QED) is 0.847. The lowest BCUT2D eigenvalue weighted by molar-refractivity contribution is 0.0925. The second-order valence-corrected chi connectivity index (χ2v) is 5.50. The average Bonchev–Trinajstić information content (AvgIpc) is 2.60. The molecule has 4 nitrogen and oxygen atoms in total. The fourth-order valence-electron chi connectivity index (χ4n) is 1.40. The summed E-state index contributed by atoms with van der Waals surface area (Å²) >= 11 is 3.53. The number of hydrogen-bond acceptors (Lipinski definition) is 3. The van der Waals surface area contributed by atoms with E-state index >= 15 is 0 Å². The minimum absolute atomic E-state index is 0.205. The van der Waals surface area contributed by atoms with Crippen LogP contribution in [0, 0.1) is 12.8 Å². The van der Waals surface area contributed by atoms with Crippen molar-refractivity contribution < 1.29 is 9.21 Å². The fourth-order valence-corrected chi connectivity index (χ4v) is 2.31. The molecule has 0 bridgehead atoms. The largest absolute Gasteiger partial charge is 0.438 e. The first kappa shape index (κ1) is 13.2. The van der Waals surface area contributed by atoms with Gasteiger partial charge in [0.2, 0.25) is 5.76 Å². The molecule has 0 aliphatic heterocycles. The van der Waals surface area contributed by atoms with Gasteiger partial charge in [-0.1, -0.05) is 29.8 Å². The van der Waals surface area contributed by atoms with Gasteiger partial charge in [-0.05, 0) is 19.3 Å². The van der Waals surface area contributed by atoms with Gasteiger partial charge in [-0.25, -0.2) is 4.98 Å². The second-order valence-electron chi connectivity index (χ2n) is 4.20. The first-order valence-corrected chi connectivity index (χ1v) is 6.24. The van der Waals surface area contributed by atoms with Crippen LogP contribution in [0.3, 0.4) is 0 Å². The summed E-state index contributed by atoms with van der Waals surface area (Å²) < 4.78 is 5.00. The molecular weight excluding hydrogens is 272 g/mol. The van der Waals surface area contributed by atoms with Gasteiger partial charge in [-0.2, -0.15) is 0 Å². The number of oxazole rings is 1. The molecule has 0 aromatic carbocycles. The zero-order valence-electron chi connectivity index (χ0n) is 9.79. The number of amides is 1. The monoisotopic (exact) mass is 288 g/mol. The standard InChI is InChI=1S/C11H17BrN2O2/c1-7(2)4-9(12)5-13-11(15)10-8(3)14-6-16-10/h6-7,9H,4-5H2,1-3H3,(H,13,15). The van der Waals surface area contributed by atoms with E-state index in [1.807, 2.05) is 0 Å². The smallest absolute Gasteiger partial charge is 0.289 e. The summed E-state index contributed by atoms with van der Waals surface area (Å²) in [5.41, 5.74) is 0.618. The van der Waals surface area contributed by atoms with Gasteiger partial charge in [0.15, 0.2) is 6.39 Å². The number of nitrogens with one attached hydrogen (secondary N) is 1. The lowest BCUT2D eigenvalue weighted by atomic mass is 10.1. The maximum absolute atomic E-state index is 11.7. The van der Waals surface area contributed by atoms with Crippen molar-refractivity contribution in [2.45, 2.75) is 32.0 Å². The van der Waals surface area contributed by atoms with Gasteiger partial charge in [0.25, 0.3) is 5.91 Å². The van der Waals surface area contributed by atoms with Crippen LogP contribution in [-0.4, -0.2) is 22.3 Å². The van der Waals surface area contributed by atoms with Gasteiger partial charge in [0.05, 0.1) is 5.69 Å². The number of carbonyl (C=O) groups excluding carboxylic acids is 1. The number of aryl methyl sites for hydroxylation is 1. The van der Waals surface area contributed by atoms with Crippen molar-refractivity contribution >= 4 is 21.8 Å². The molecule has 0 radical (unpaired) electrons. The summed E-state index contributed by atoms with van der Waals surface area (Å²) in [4.78, 5) is 15.8. The van der Waals surface area contributed by atoms with Gasteiger partial charge in [-0.15, -0.1) is 0 Å². The minimum atomic E-state index is -0.205. The highest BCUT2D eigenvalue weighted by atomic mass is 79.9. The van der Waals surface area contributed by atoms with Crippen LogP contribution in [0.1, 0.15) is 36.5 Å². The molecule has 0 aliphatic carbocycles. The van der Waals surface area contributed by atoms with Gasteiger partial charge in [0.1, 0.15) is 0 Å². The Labute approximate surface area is 104 Å². The third kappa shape index (κ3) is 3.96. The van der Waals surface area contributed by atoms with Crippen molar-refractivity contribution in [2.75, 3.05) is 6.54 Å². The van der Waals surface area contributed by atoms with Crippen LogP contribution in [0.25, 0.3) is 0 Å². The van der Waals surface area contributed by atoms with Crippen LogP contribution in [0.2, 0.25) is 0 Å². The lowest BCUT2D eigenvalue weighted by Crippen LogP contribution is -2.30. The Morgan fingerprint density at radius 3 is 2.81 bits per heavy atom.